The number of benzene rings is 5. The molecule has 0 radical (unpaired) electrons. The highest BCUT2D eigenvalue weighted by Crippen LogP contribution is 2.38. The number of hydrogen-bond donors (Lipinski definition) is 0. The zero-order valence-corrected chi connectivity index (χ0v) is 20.0. The highest BCUT2D eigenvalue weighted by atomic mass is 16.5. The molecule has 3 heterocycles. The fourth-order valence-corrected chi connectivity index (χ4v) is 6.03. The molecular formula is C33H22N2O2. The molecule has 1 aliphatic heterocycles. The molecule has 5 aromatic carbocycles. The van der Waals surface area contributed by atoms with E-state index in [1.165, 1.54) is 10.8 Å². The molecule has 0 spiro atoms. The highest BCUT2D eigenvalue weighted by Gasteiger charge is 2.22. The Morgan fingerprint density at radius 3 is 2.05 bits per heavy atom. The largest absolute Gasteiger partial charge is 0.372 e. The molecule has 1 aliphatic rings. The van der Waals surface area contributed by atoms with Crippen molar-refractivity contribution >= 4 is 43.6 Å². The average Bonchev–Trinajstić information content (AvgIpc) is 3.26. The van der Waals surface area contributed by atoms with Crippen molar-refractivity contribution < 1.29 is 4.74 Å². The molecule has 176 valence electrons. The van der Waals surface area contributed by atoms with Gasteiger partial charge in [0.05, 0.1) is 41.0 Å². The van der Waals surface area contributed by atoms with Gasteiger partial charge in [0.1, 0.15) is 0 Å². The third kappa shape index (κ3) is 2.85. The van der Waals surface area contributed by atoms with Crippen LogP contribution in [0.5, 0.6) is 0 Å². The van der Waals surface area contributed by atoms with E-state index in [-0.39, 0.29) is 5.43 Å². The van der Waals surface area contributed by atoms with Crippen LogP contribution in [0.15, 0.2) is 114 Å². The van der Waals surface area contributed by atoms with Gasteiger partial charge >= 0.3 is 0 Å². The Kier molecular flexibility index (Phi) is 4.25. The number of fused-ring (bicyclic) bond motifs is 7. The molecule has 4 nitrogen and oxygen atoms in total. The standard InChI is InChI=1S/C33H22N2O2/c36-33-25-13-5-7-16-29(25)35-30-18-31-27(17-22(30)20-37-19-21-9-8-14-26(33)32(21)35)24-12-4-6-15-28(24)34(31)23-10-2-1-3-11-23/h1-18H,19-20H2. The molecule has 0 amide bonds. The Morgan fingerprint density at radius 1 is 0.541 bits per heavy atom. The molecule has 0 atom stereocenters. The smallest absolute Gasteiger partial charge is 0.197 e. The maximum Gasteiger partial charge on any atom is 0.197 e. The number of pyridine rings is 1. The van der Waals surface area contributed by atoms with Gasteiger partial charge in [-0.15, -0.1) is 0 Å². The Morgan fingerprint density at radius 2 is 1.22 bits per heavy atom. The highest BCUT2D eigenvalue weighted by molar-refractivity contribution is 6.10. The van der Waals surface area contributed by atoms with Crippen molar-refractivity contribution in [3.8, 4) is 11.4 Å². The number of hydrogen-bond acceptors (Lipinski definition) is 2. The van der Waals surface area contributed by atoms with Crippen LogP contribution in [-0.4, -0.2) is 9.13 Å². The van der Waals surface area contributed by atoms with E-state index in [0.717, 1.165) is 55.3 Å². The van der Waals surface area contributed by atoms with Crippen LogP contribution < -0.4 is 5.43 Å². The van der Waals surface area contributed by atoms with Crippen LogP contribution in [0.1, 0.15) is 11.1 Å². The maximum atomic E-state index is 13.6. The van der Waals surface area contributed by atoms with E-state index in [0.29, 0.717) is 13.2 Å². The van der Waals surface area contributed by atoms with Gasteiger partial charge in [0.25, 0.3) is 0 Å². The van der Waals surface area contributed by atoms with Gasteiger partial charge in [-0.1, -0.05) is 60.7 Å². The molecule has 0 saturated heterocycles. The normalized spacial score (nSPS) is 13.2. The van der Waals surface area contributed by atoms with Crippen LogP contribution in [0.2, 0.25) is 0 Å². The lowest BCUT2D eigenvalue weighted by Gasteiger charge is -2.23. The molecule has 0 fully saturated rings. The SMILES string of the molecule is O=c1c2ccccc2n2c3c(cccc13)COCc1cc3c4ccccc4n(-c4ccccc4)c3cc1-2. The molecule has 37 heavy (non-hydrogen) atoms. The molecule has 0 saturated carbocycles. The Bertz CT molecular complexity index is 2080. The van der Waals surface area contributed by atoms with Crippen molar-refractivity contribution in [2.45, 2.75) is 13.2 Å². The number of ether oxygens (including phenoxy) is 1. The summed E-state index contributed by atoms with van der Waals surface area (Å²) in [5.41, 5.74) is 8.48. The lowest BCUT2D eigenvalue weighted by atomic mass is 10.0. The molecule has 7 aromatic rings. The van der Waals surface area contributed by atoms with E-state index in [2.05, 4.69) is 81.9 Å². The van der Waals surface area contributed by atoms with E-state index >= 15 is 0 Å². The molecule has 0 unspecified atom stereocenters. The van der Waals surface area contributed by atoms with Gasteiger partial charge < -0.3 is 13.9 Å². The summed E-state index contributed by atoms with van der Waals surface area (Å²) in [6.45, 7) is 0.949. The van der Waals surface area contributed by atoms with Crippen LogP contribution in [0, 0.1) is 0 Å². The van der Waals surface area contributed by atoms with E-state index < -0.39 is 0 Å². The lowest BCUT2D eigenvalue weighted by molar-refractivity contribution is 0.107. The van der Waals surface area contributed by atoms with Gasteiger partial charge in [-0.25, -0.2) is 0 Å². The average molecular weight is 479 g/mol. The molecule has 2 aromatic heterocycles. The van der Waals surface area contributed by atoms with Gasteiger partial charge in [-0.05, 0) is 48.5 Å². The van der Waals surface area contributed by atoms with Gasteiger partial charge in [0.2, 0.25) is 0 Å². The maximum absolute atomic E-state index is 13.6. The van der Waals surface area contributed by atoms with Crippen molar-refractivity contribution in [2.24, 2.45) is 0 Å². The van der Waals surface area contributed by atoms with E-state index in [1.807, 2.05) is 36.4 Å². The summed E-state index contributed by atoms with van der Waals surface area (Å²) in [5.74, 6) is 0. The topological polar surface area (TPSA) is 36.2 Å². The van der Waals surface area contributed by atoms with Crippen molar-refractivity contribution in [1.82, 2.24) is 9.13 Å². The first-order valence-corrected chi connectivity index (χ1v) is 12.5. The van der Waals surface area contributed by atoms with Crippen molar-refractivity contribution in [3.63, 3.8) is 0 Å². The Balaban J connectivity index is 1.60. The fraction of sp³-hybridized carbons (Fsp3) is 0.0606. The summed E-state index contributed by atoms with van der Waals surface area (Å²) in [6, 6.07) is 37.5. The lowest BCUT2D eigenvalue weighted by Crippen LogP contribution is -2.15. The molecular weight excluding hydrogens is 456 g/mol. The molecule has 8 rings (SSSR count). The third-order valence-electron chi connectivity index (χ3n) is 7.62. The minimum Gasteiger partial charge on any atom is -0.372 e. The molecule has 0 bridgehead atoms. The first-order valence-electron chi connectivity index (χ1n) is 12.5. The van der Waals surface area contributed by atoms with Crippen molar-refractivity contribution in [2.75, 3.05) is 0 Å². The minimum absolute atomic E-state index is 0.0605. The van der Waals surface area contributed by atoms with Crippen molar-refractivity contribution in [1.29, 1.82) is 0 Å². The second-order valence-electron chi connectivity index (χ2n) is 9.67. The monoisotopic (exact) mass is 478 g/mol. The summed E-state index contributed by atoms with van der Waals surface area (Å²) < 4.78 is 10.8. The summed E-state index contributed by atoms with van der Waals surface area (Å²) >= 11 is 0. The van der Waals surface area contributed by atoms with Crippen LogP contribution in [0.4, 0.5) is 0 Å². The number of para-hydroxylation sites is 4. The van der Waals surface area contributed by atoms with E-state index in [4.69, 9.17) is 4.74 Å². The summed E-state index contributed by atoms with van der Waals surface area (Å²) in [4.78, 5) is 13.6. The van der Waals surface area contributed by atoms with Crippen LogP contribution in [-0.2, 0) is 18.0 Å². The summed E-state index contributed by atoms with van der Waals surface area (Å²) in [7, 11) is 0. The number of rotatable bonds is 1. The zero-order chi connectivity index (χ0) is 24.5. The third-order valence-corrected chi connectivity index (χ3v) is 7.62. The van der Waals surface area contributed by atoms with Crippen LogP contribution in [0.3, 0.4) is 0 Å². The Hall–Kier alpha value is -4.67. The van der Waals surface area contributed by atoms with Gasteiger partial charge in [0, 0.05) is 38.4 Å². The second-order valence-corrected chi connectivity index (χ2v) is 9.67. The summed E-state index contributed by atoms with van der Waals surface area (Å²) in [5, 5.41) is 3.85. The Labute approximate surface area is 212 Å². The van der Waals surface area contributed by atoms with E-state index in [9.17, 15) is 4.79 Å². The minimum atomic E-state index is 0.0605. The number of nitrogens with zero attached hydrogens (tertiary/aromatic N) is 2. The van der Waals surface area contributed by atoms with Gasteiger partial charge in [-0.2, -0.15) is 0 Å². The van der Waals surface area contributed by atoms with E-state index in [1.54, 1.807) is 0 Å². The first-order chi connectivity index (χ1) is 18.3. The number of aromatic nitrogens is 2. The fourth-order valence-electron chi connectivity index (χ4n) is 6.03. The molecule has 0 aliphatic carbocycles. The van der Waals surface area contributed by atoms with Crippen LogP contribution in [0.25, 0.3) is 55.0 Å². The van der Waals surface area contributed by atoms with Gasteiger partial charge in [-0.3, -0.25) is 4.79 Å². The second kappa shape index (κ2) is 7.66. The van der Waals surface area contributed by atoms with Crippen molar-refractivity contribution in [3.05, 3.63) is 131 Å². The van der Waals surface area contributed by atoms with Crippen LogP contribution >= 0.6 is 0 Å². The predicted octanol–water partition coefficient (Wildman–Crippen LogP) is 7.27. The summed E-state index contributed by atoms with van der Waals surface area (Å²) in [6.07, 6.45) is 0. The molecule has 4 heteroatoms. The quantitative estimate of drug-likeness (QED) is 0.233. The zero-order valence-electron chi connectivity index (χ0n) is 20.0. The van der Waals surface area contributed by atoms with Gasteiger partial charge in [0.15, 0.2) is 5.43 Å². The molecule has 0 N–H and O–H groups in total. The predicted molar refractivity (Wildman–Crippen MR) is 150 cm³/mol. The first kappa shape index (κ1) is 20.5.